The Bertz CT molecular complexity index is 986. The zero-order valence-electron chi connectivity index (χ0n) is 18.0. The summed E-state index contributed by atoms with van der Waals surface area (Å²) < 4.78 is 54.1. The van der Waals surface area contributed by atoms with Gasteiger partial charge in [0, 0.05) is 5.92 Å². The lowest BCUT2D eigenvalue weighted by Gasteiger charge is -2.26. The first-order valence-electron chi connectivity index (χ1n) is 10.6. The molecule has 0 N–H and O–H groups in total. The van der Waals surface area contributed by atoms with Crippen molar-refractivity contribution in [2.45, 2.75) is 57.9 Å². The molecule has 1 aliphatic rings. The maximum Gasteiger partial charge on any atom is 0.573 e. The summed E-state index contributed by atoms with van der Waals surface area (Å²) >= 11 is 0. The molecule has 0 aromatic heterocycles. The van der Waals surface area contributed by atoms with Crippen molar-refractivity contribution in [3.05, 3.63) is 54.1 Å². The van der Waals surface area contributed by atoms with Crippen LogP contribution in [0.15, 0.2) is 48.5 Å². The SMILES string of the molecule is CCC(C)(C#CC1CCCC1)Oc1cc(C(=O)Oc2ccccc2)ccc1OC(F)(F)F. The van der Waals surface area contributed by atoms with Gasteiger partial charge in [-0.15, -0.1) is 13.2 Å². The van der Waals surface area contributed by atoms with Crippen LogP contribution in [-0.2, 0) is 0 Å². The number of hydrogen-bond donors (Lipinski definition) is 0. The van der Waals surface area contributed by atoms with Crippen molar-refractivity contribution in [3.63, 3.8) is 0 Å². The second-order valence-electron chi connectivity index (χ2n) is 7.85. The third-order valence-corrected chi connectivity index (χ3v) is 5.26. The Balaban J connectivity index is 1.89. The number of rotatable bonds is 6. The zero-order valence-corrected chi connectivity index (χ0v) is 18.0. The molecule has 170 valence electrons. The summed E-state index contributed by atoms with van der Waals surface area (Å²) in [6, 6.07) is 11.8. The lowest BCUT2D eigenvalue weighted by atomic mass is 10.0. The van der Waals surface area contributed by atoms with E-state index in [1.54, 1.807) is 37.3 Å². The first kappa shape index (κ1) is 23.5. The van der Waals surface area contributed by atoms with Gasteiger partial charge in [0.05, 0.1) is 5.56 Å². The van der Waals surface area contributed by atoms with Gasteiger partial charge < -0.3 is 14.2 Å². The zero-order chi connectivity index (χ0) is 23.2. The number of halogens is 3. The van der Waals surface area contributed by atoms with E-state index in [0.717, 1.165) is 31.7 Å². The van der Waals surface area contributed by atoms with Gasteiger partial charge in [-0.3, -0.25) is 0 Å². The Kier molecular flexibility index (Phi) is 7.34. The maximum atomic E-state index is 12.9. The number of alkyl halides is 3. The summed E-state index contributed by atoms with van der Waals surface area (Å²) in [7, 11) is 0. The molecule has 1 aliphatic carbocycles. The van der Waals surface area contributed by atoms with E-state index in [-0.39, 0.29) is 17.2 Å². The molecule has 1 atom stereocenters. The first-order chi connectivity index (χ1) is 15.2. The van der Waals surface area contributed by atoms with Crippen LogP contribution in [0.4, 0.5) is 13.2 Å². The van der Waals surface area contributed by atoms with Gasteiger partial charge in [-0.2, -0.15) is 0 Å². The summed E-state index contributed by atoms with van der Waals surface area (Å²) in [5.41, 5.74) is -1.02. The number of benzene rings is 2. The molecule has 1 saturated carbocycles. The van der Waals surface area contributed by atoms with Gasteiger partial charge in [0.2, 0.25) is 0 Å². The largest absolute Gasteiger partial charge is 0.573 e. The summed E-state index contributed by atoms with van der Waals surface area (Å²) in [4.78, 5) is 12.5. The van der Waals surface area contributed by atoms with Crippen molar-refractivity contribution < 1.29 is 32.2 Å². The van der Waals surface area contributed by atoms with Crippen LogP contribution >= 0.6 is 0 Å². The molecule has 0 saturated heterocycles. The van der Waals surface area contributed by atoms with Gasteiger partial charge in [-0.25, -0.2) is 4.79 Å². The topological polar surface area (TPSA) is 44.8 Å². The molecule has 2 aromatic rings. The molecule has 0 amide bonds. The lowest BCUT2D eigenvalue weighted by molar-refractivity contribution is -0.275. The number of ether oxygens (including phenoxy) is 3. The summed E-state index contributed by atoms with van der Waals surface area (Å²) in [6.07, 6.45) is -0.221. The molecule has 7 heteroatoms. The lowest BCUT2D eigenvalue weighted by Crippen LogP contribution is -2.30. The quantitative estimate of drug-likeness (QED) is 0.287. The number of para-hydroxylation sites is 1. The van der Waals surface area contributed by atoms with E-state index in [2.05, 4.69) is 16.6 Å². The Hall–Kier alpha value is -3.14. The maximum absolute atomic E-state index is 12.9. The van der Waals surface area contributed by atoms with Crippen LogP contribution in [0, 0.1) is 17.8 Å². The predicted molar refractivity (Wildman–Crippen MR) is 114 cm³/mol. The highest BCUT2D eigenvalue weighted by molar-refractivity contribution is 5.91. The second-order valence-corrected chi connectivity index (χ2v) is 7.85. The molecule has 3 rings (SSSR count). The summed E-state index contributed by atoms with van der Waals surface area (Å²) in [5, 5.41) is 0. The fourth-order valence-electron chi connectivity index (χ4n) is 3.33. The second kappa shape index (κ2) is 9.99. The molecule has 1 fully saturated rings. The van der Waals surface area contributed by atoms with E-state index < -0.39 is 23.7 Å². The number of hydrogen-bond acceptors (Lipinski definition) is 4. The van der Waals surface area contributed by atoms with Crippen LogP contribution in [0.5, 0.6) is 17.2 Å². The van der Waals surface area contributed by atoms with Crippen LogP contribution < -0.4 is 14.2 Å². The van der Waals surface area contributed by atoms with Gasteiger partial charge >= 0.3 is 12.3 Å². The van der Waals surface area contributed by atoms with E-state index in [1.807, 2.05) is 6.92 Å². The van der Waals surface area contributed by atoms with Gasteiger partial charge in [0.15, 0.2) is 17.1 Å². The van der Waals surface area contributed by atoms with Gasteiger partial charge in [0.25, 0.3) is 0 Å². The molecule has 0 aliphatic heterocycles. The molecule has 0 heterocycles. The van der Waals surface area contributed by atoms with Crippen molar-refractivity contribution in [2.75, 3.05) is 0 Å². The molecular weight excluding hydrogens is 421 g/mol. The van der Waals surface area contributed by atoms with Crippen LogP contribution in [0.1, 0.15) is 56.3 Å². The van der Waals surface area contributed by atoms with E-state index in [0.29, 0.717) is 12.2 Å². The third kappa shape index (κ3) is 6.68. The smallest absolute Gasteiger partial charge is 0.471 e. The van der Waals surface area contributed by atoms with Crippen molar-refractivity contribution in [2.24, 2.45) is 5.92 Å². The highest BCUT2D eigenvalue weighted by Crippen LogP contribution is 2.36. The molecular formula is C25H25F3O4. The number of carbonyl (C=O) groups is 1. The van der Waals surface area contributed by atoms with Crippen LogP contribution in [0.2, 0.25) is 0 Å². The Morgan fingerprint density at radius 3 is 2.34 bits per heavy atom. The minimum atomic E-state index is -4.91. The van der Waals surface area contributed by atoms with Crippen molar-refractivity contribution >= 4 is 5.97 Å². The number of esters is 1. The minimum absolute atomic E-state index is 0.0283. The predicted octanol–water partition coefficient (Wildman–Crippen LogP) is 6.55. The molecule has 4 nitrogen and oxygen atoms in total. The Labute approximate surface area is 185 Å². The van der Waals surface area contributed by atoms with Gasteiger partial charge in [-0.1, -0.05) is 49.8 Å². The fraction of sp³-hybridized carbons (Fsp3) is 0.400. The summed E-state index contributed by atoms with van der Waals surface area (Å²) in [6.45, 7) is 3.54. The fourth-order valence-corrected chi connectivity index (χ4v) is 3.33. The van der Waals surface area contributed by atoms with Crippen molar-refractivity contribution in [1.82, 2.24) is 0 Å². The molecule has 0 spiro atoms. The standard InChI is InChI=1S/C25H25F3O4/c1-3-24(2,16-15-18-9-7-8-10-18)31-22-17-19(13-14-21(22)32-25(26,27)28)23(29)30-20-11-5-4-6-12-20/h4-6,11-14,17-18H,3,7-10H2,1-2H3. The van der Waals surface area contributed by atoms with E-state index in [1.165, 1.54) is 12.1 Å². The van der Waals surface area contributed by atoms with E-state index >= 15 is 0 Å². The van der Waals surface area contributed by atoms with Crippen LogP contribution in [0.25, 0.3) is 0 Å². The third-order valence-electron chi connectivity index (χ3n) is 5.26. The monoisotopic (exact) mass is 446 g/mol. The van der Waals surface area contributed by atoms with Gasteiger partial charge in [-0.05, 0) is 56.5 Å². The van der Waals surface area contributed by atoms with Crippen LogP contribution in [-0.4, -0.2) is 17.9 Å². The van der Waals surface area contributed by atoms with E-state index in [9.17, 15) is 18.0 Å². The molecule has 1 unspecified atom stereocenters. The van der Waals surface area contributed by atoms with E-state index in [4.69, 9.17) is 9.47 Å². The Morgan fingerprint density at radius 1 is 1.03 bits per heavy atom. The average Bonchev–Trinajstić information content (AvgIpc) is 3.27. The molecule has 2 aromatic carbocycles. The van der Waals surface area contributed by atoms with Crippen molar-refractivity contribution in [1.29, 1.82) is 0 Å². The highest BCUT2D eigenvalue weighted by Gasteiger charge is 2.34. The average molecular weight is 446 g/mol. The first-order valence-corrected chi connectivity index (χ1v) is 10.6. The normalized spacial score (nSPS) is 15.9. The Morgan fingerprint density at radius 2 is 1.72 bits per heavy atom. The number of carbonyl (C=O) groups excluding carboxylic acids is 1. The van der Waals surface area contributed by atoms with Crippen LogP contribution in [0.3, 0.4) is 0 Å². The van der Waals surface area contributed by atoms with Crippen molar-refractivity contribution in [3.8, 4) is 29.1 Å². The summed E-state index contributed by atoms with van der Waals surface area (Å²) in [5.74, 6) is 5.37. The molecule has 32 heavy (non-hydrogen) atoms. The highest BCUT2D eigenvalue weighted by atomic mass is 19.4. The molecule has 0 bridgehead atoms. The molecule has 0 radical (unpaired) electrons. The van der Waals surface area contributed by atoms with Gasteiger partial charge in [0.1, 0.15) is 5.75 Å². The minimum Gasteiger partial charge on any atom is -0.471 e.